The third-order valence-corrected chi connectivity index (χ3v) is 7.02. The molecule has 3 aromatic rings. The Bertz CT molecular complexity index is 1350. The van der Waals surface area contributed by atoms with Gasteiger partial charge in [-0.1, -0.05) is 41.9 Å². The number of methoxy groups -OCH3 is 1. The molecule has 1 N–H and O–H groups in total. The first-order valence-corrected chi connectivity index (χ1v) is 12.3. The molecular weight excluding hydrogens is 480 g/mol. The molecule has 0 saturated carbocycles. The molecule has 2 saturated heterocycles. The van der Waals surface area contributed by atoms with E-state index in [2.05, 4.69) is 4.90 Å². The number of rotatable bonds is 6. The van der Waals surface area contributed by atoms with Gasteiger partial charge in [0, 0.05) is 36.8 Å². The number of Topliss-reactive ketones (excluding diaryl/α,β-unsaturated/α-hetero) is 1. The SMILES string of the molecule is COc1ccc2cc(/C(O)=C3\C(=O)C(=O)N(CCN4CCOCC4)C3c3cccc(Cl)c3)ccc2c1. The lowest BCUT2D eigenvalue weighted by molar-refractivity contribution is -0.140. The number of carbonyl (C=O) groups excluding carboxylic acids is 2. The number of carbonyl (C=O) groups is 2. The maximum absolute atomic E-state index is 13.3. The standard InChI is InChI=1S/C28H27ClN2O5/c1-35-23-8-7-18-15-21(6-5-19(18)17-23)26(32)24-25(20-3-2-4-22(29)16-20)31(28(34)27(24)33)10-9-30-11-13-36-14-12-30/h2-8,15-17,25,32H,9-14H2,1H3/b26-24+. The van der Waals surface area contributed by atoms with Gasteiger partial charge in [0.25, 0.3) is 11.7 Å². The van der Waals surface area contributed by atoms with Gasteiger partial charge >= 0.3 is 0 Å². The van der Waals surface area contributed by atoms with Crippen LogP contribution in [0.4, 0.5) is 0 Å². The minimum absolute atomic E-state index is 0.0668. The number of likely N-dealkylation sites (tertiary alicyclic amines) is 1. The Labute approximate surface area is 214 Å². The van der Waals surface area contributed by atoms with Crippen molar-refractivity contribution in [2.45, 2.75) is 6.04 Å². The molecule has 186 valence electrons. The van der Waals surface area contributed by atoms with Crippen LogP contribution in [0.2, 0.25) is 5.02 Å². The van der Waals surface area contributed by atoms with Crippen LogP contribution in [0.1, 0.15) is 17.2 Å². The molecule has 0 radical (unpaired) electrons. The van der Waals surface area contributed by atoms with Gasteiger partial charge in [-0.05, 0) is 46.7 Å². The van der Waals surface area contributed by atoms with E-state index in [1.54, 1.807) is 42.3 Å². The maximum atomic E-state index is 13.3. The Morgan fingerprint density at radius 2 is 1.78 bits per heavy atom. The first-order chi connectivity index (χ1) is 17.5. The van der Waals surface area contributed by atoms with Gasteiger partial charge in [-0.15, -0.1) is 0 Å². The lowest BCUT2D eigenvalue weighted by Gasteiger charge is -2.31. The second kappa shape index (κ2) is 10.3. The summed E-state index contributed by atoms with van der Waals surface area (Å²) in [4.78, 5) is 30.3. The summed E-state index contributed by atoms with van der Waals surface area (Å²) in [6.07, 6.45) is 0. The second-order valence-electron chi connectivity index (χ2n) is 8.93. The fourth-order valence-corrected chi connectivity index (χ4v) is 5.06. The summed E-state index contributed by atoms with van der Waals surface area (Å²) in [6.45, 7) is 3.78. The number of morpholine rings is 1. The van der Waals surface area contributed by atoms with Gasteiger partial charge in [0.1, 0.15) is 11.5 Å². The minimum Gasteiger partial charge on any atom is -0.507 e. The van der Waals surface area contributed by atoms with Crippen molar-refractivity contribution in [2.24, 2.45) is 0 Å². The van der Waals surface area contributed by atoms with Crippen molar-refractivity contribution >= 4 is 39.8 Å². The molecule has 3 aromatic carbocycles. The number of halogens is 1. The van der Waals surface area contributed by atoms with E-state index in [4.69, 9.17) is 21.1 Å². The lowest BCUT2D eigenvalue weighted by Crippen LogP contribution is -2.42. The summed E-state index contributed by atoms with van der Waals surface area (Å²) in [5.74, 6) is -0.800. The molecule has 8 heteroatoms. The average Bonchev–Trinajstić information content (AvgIpc) is 3.16. The van der Waals surface area contributed by atoms with Crippen molar-refractivity contribution < 1.29 is 24.2 Å². The topological polar surface area (TPSA) is 79.3 Å². The van der Waals surface area contributed by atoms with Crippen molar-refractivity contribution in [3.05, 3.63) is 82.4 Å². The van der Waals surface area contributed by atoms with Crippen LogP contribution in [-0.2, 0) is 14.3 Å². The van der Waals surface area contributed by atoms with E-state index in [1.165, 1.54) is 0 Å². The van der Waals surface area contributed by atoms with Crippen molar-refractivity contribution in [3.8, 4) is 5.75 Å². The molecule has 1 amide bonds. The van der Waals surface area contributed by atoms with Crippen LogP contribution in [0.25, 0.3) is 16.5 Å². The van der Waals surface area contributed by atoms with Gasteiger partial charge in [0.05, 0.1) is 31.9 Å². The molecule has 0 aliphatic carbocycles. The van der Waals surface area contributed by atoms with E-state index in [-0.39, 0.29) is 11.3 Å². The van der Waals surface area contributed by atoms with Crippen molar-refractivity contribution in [1.29, 1.82) is 0 Å². The number of benzene rings is 3. The van der Waals surface area contributed by atoms with Crippen LogP contribution in [0.3, 0.4) is 0 Å². The number of hydrogen-bond donors (Lipinski definition) is 1. The van der Waals surface area contributed by atoms with E-state index >= 15 is 0 Å². The fourth-order valence-electron chi connectivity index (χ4n) is 4.86. The molecule has 1 atom stereocenters. The predicted octanol–water partition coefficient (Wildman–Crippen LogP) is 4.26. The third-order valence-electron chi connectivity index (χ3n) is 6.79. The Balaban J connectivity index is 1.56. The van der Waals surface area contributed by atoms with Gasteiger partial charge in [0.2, 0.25) is 0 Å². The molecule has 1 unspecified atom stereocenters. The normalized spacial score (nSPS) is 20.3. The molecule has 0 aromatic heterocycles. The summed E-state index contributed by atoms with van der Waals surface area (Å²) < 4.78 is 10.7. The summed E-state index contributed by atoms with van der Waals surface area (Å²) in [5.41, 5.74) is 1.21. The van der Waals surface area contributed by atoms with E-state index in [9.17, 15) is 14.7 Å². The van der Waals surface area contributed by atoms with Gasteiger partial charge < -0.3 is 19.5 Å². The summed E-state index contributed by atoms with van der Waals surface area (Å²) in [5, 5.41) is 13.7. The average molecular weight is 507 g/mol. The van der Waals surface area contributed by atoms with Gasteiger partial charge in [0.15, 0.2) is 0 Å². The Morgan fingerprint density at radius 1 is 1.03 bits per heavy atom. The summed E-state index contributed by atoms with van der Waals surface area (Å²) >= 11 is 6.28. The highest BCUT2D eigenvalue weighted by Crippen LogP contribution is 2.40. The quantitative estimate of drug-likeness (QED) is 0.306. The molecule has 36 heavy (non-hydrogen) atoms. The fraction of sp³-hybridized carbons (Fsp3) is 0.286. The second-order valence-corrected chi connectivity index (χ2v) is 9.37. The highest BCUT2D eigenvalue weighted by molar-refractivity contribution is 6.46. The highest BCUT2D eigenvalue weighted by atomic mass is 35.5. The van der Waals surface area contributed by atoms with Crippen molar-refractivity contribution in [1.82, 2.24) is 9.80 Å². The minimum atomic E-state index is -0.740. The number of aliphatic hydroxyl groups excluding tert-OH is 1. The molecule has 0 bridgehead atoms. The van der Waals surface area contributed by atoms with E-state index in [0.29, 0.717) is 42.5 Å². The van der Waals surface area contributed by atoms with E-state index < -0.39 is 17.7 Å². The maximum Gasteiger partial charge on any atom is 0.295 e. The molecule has 2 aliphatic rings. The number of aliphatic hydroxyl groups is 1. The van der Waals surface area contributed by atoms with Crippen LogP contribution >= 0.6 is 11.6 Å². The monoisotopic (exact) mass is 506 g/mol. The Hall–Kier alpha value is -3.39. The molecule has 7 nitrogen and oxygen atoms in total. The number of amides is 1. The van der Waals surface area contributed by atoms with Crippen molar-refractivity contribution in [2.75, 3.05) is 46.5 Å². The molecule has 2 aliphatic heterocycles. The van der Waals surface area contributed by atoms with Crippen molar-refractivity contribution in [3.63, 3.8) is 0 Å². The Kier molecular flexibility index (Phi) is 6.96. The molecule has 2 heterocycles. The van der Waals surface area contributed by atoms with Crippen LogP contribution in [-0.4, -0.2) is 73.1 Å². The number of nitrogens with zero attached hydrogens (tertiary/aromatic N) is 2. The molecular formula is C28H27ClN2O5. The van der Waals surface area contributed by atoms with Gasteiger partial charge in [-0.3, -0.25) is 14.5 Å². The smallest absolute Gasteiger partial charge is 0.295 e. The summed E-state index contributed by atoms with van der Waals surface area (Å²) in [7, 11) is 1.61. The number of ether oxygens (including phenoxy) is 2. The first-order valence-electron chi connectivity index (χ1n) is 11.9. The lowest BCUT2D eigenvalue weighted by atomic mass is 9.94. The molecule has 0 spiro atoms. The van der Waals surface area contributed by atoms with Crippen LogP contribution < -0.4 is 4.74 Å². The molecule has 2 fully saturated rings. The molecule has 5 rings (SSSR count). The predicted molar refractivity (Wildman–Crippen MR) is 138 cm³/mol. The zero-order valence-corrected chi connectivity index (χ0v) is 20.7. The third kappa shape index (κ3) is 4.69. The van der Waals surface area contributed by atoms with E-state index in [0.717, 1.165) is 29.6 Å². The number of hydrogen-bond acceptors (Lipinski definition) is 6. The van der Waals surface area contributed by atoms with Crippen LogP contribution in [0, 0.1) is 0 Å². The number of ketones is 1. The van der Waals surface area contributed by atoms with E-state index in [1.807, 2.05) is 30.3 Å². The van der Waals surface area contributed by atoms with Crippen LogP contribution in [0.15, 0.2) is 66.2 Å². The first kappa shape index (κ1) is 24.3. The largest absolute Gasteiger partial charge is 0.507 e. The zero-order chi connectivity index (χ0) is 25.2. The zero-order valence-electron chi connectivity index (χ0n) is 19.9. The van der Waals surface area contributed by atoms with Gasteiger partial charge in [-0.25, -0.2) is 0 Å². The summed E-state index contributed by atoms with van der Waals surface area (Å²) in [6, 6.07) is 17.4. The number of fused-ring (bicyclic) bond motifs is 1. The highest BCUT2D eigenvalue weighted by Gasteiger charge is 2.46. The van der Waals surface area contributed by atoms with Crippen LogP contribution in [0.5, 0.6) is 5.75 Å². The van der Waals surface area contributed by atoms with Gasteiger partial charge in [-0.2, -0.15) is 0 Å². The Morgan fingerprint density at radius 3 is 2.53 bits per heavy atom.